The molecule has 0 bridgehead atoms. The molecule has 238 valence electrons. The maximum absolute atomic E-state index is 13.8. The number of rotatable bonds is 10. The van der Waals surface area contributed by atoms with Gasteiger partial charge >= 0.3 is 0 Å². The molecule has 1 N–H and O–H groups in total. The van der Waals surface area contributed by atoms with Crippen LogP contribution in [0.2, 0.25) is 0 Å². The second-order valence-electron chi connectivity index (χ2n) is 10.4. The van der Waals surface area contributed by atoms with Crippen molar-refractivity contribution in [3.8, 4) is 5.69 Å². The first-order chi connectivity index (χ1) is 22.7. The molecule has 0 radical (unpaired) electrons. The van der Waals surface area contributed by atoms with Gasteiger partial charge in [-0.3, -0.25) is 24.3 Å². The maximum Gasteiger partial charge on any atom is 0.273 e. The highest BCUT2D eigenvalue weighted by Crippen LogP contribution is 2.35. The van der Waals surface area contributed by atoms with Crippen molar-refractivity contribution in [1.29, 1.82) is 0 Å². The lowest BCUT2D eigenvalue weighted by atomic mass is 10.0. The van der Waals surface area contributed by atoms with Gasteiger partial charge < -0.3 is 5.32 Å². The van der Waals surface area contributed by atoms with E-state index in [1.54, 1.807) is 16.7 Å². The molecule has 0 aliphatic carbocycles. The predicted molar refractivity (Wildman–Crippen MR) is 173 cm³/mol. The molecule has 1 aliphatic rings. The Hall–Kier alpha value is -5.28. The molecule has 0 saturated carbocycles. The lowest BCUT2D eigenvalue weighted by Gasteiger charge is -2.22. The van der Waals surface area contributed by atoms with Crippen LogP contribution < -0.4 is 5.32 Å². The van der Waals surface area contributed by atoms with Gasteiger partial charge in [0.25, 0.3) is 17.5 Å². The average Bonchev–Trinajstić information content (AvgIpc) is 3.84. The summed E-state index contributed by atoms with van der Waals surface area (Å²) in [5.74, 6) is -1.51. The molecule has 11 nitrogen and oxygen atoms in total. The van der Waals surface area contributed by atoms with E-state index in [9.17, 15) is 28.5 Å². The van der Waals surface area contributed by atoms with E-state index in [0.29, 0.717) is 17.3 Å². The van der Waals surface area contributed by atoms with Gasteiger partial charge in [-0.05, 0) is 66.4 Å². The molecule has 3 heterocycles. The third-order valence-corrected chi connectivity index (χ3v) is 9.32. The number of nitro benzene ring substituents is 1. The number of nitrogens with one attached hydrogen (secondary N) is 1. The van der Waals surface area contributed by atoms with Crippen molar-refractivity contribution < 1.29 is 23.3 Å². The average molecular weight is 674 g/mol. The smallest absolute Gasteiger partial charge is 0.273 e. The van der Waals surface area contributed by atoms with Crippen LogP contribution in [0.1, 0.15) is 44.6 Å². The Balaban J connectivity index is 1.24. The second-order valence-corrected chi connectivity index (χ2v) is 12.3. The number of benzene rings is 3. The zero-order chi connectivity index (χ0) is 33.1. The minimum atomic E-state index is -0.555. The van der Waals surface area contributed by atoms with Crippen LogP contribution in [0.15, 0.2) is 94.5 Å². The number of hydrogen-bond acceptors (Lipinski definition) is 9. The first kappa shape index (κ1) is 31.7. The van der Waals surface area contributed by atoms with Crippen molar-refractivity contribution in [3.05, 3.63) is 133 Å². The number of hydrazone groups is 1. The van der Waals surface area contributed by atoms with E-state index in [4.69, 9.17) is 0 Å². The number of nitrogens with zero attached hydrogens (tertiary/aromatic N) is 6. The standard InChI is InChI=1S/C32H25F2N7O4S2/c1-19-24(4-2-5-26(19)41(44)45)31(43)35-17-29-36-37-32(39(29)23-13-11-22(34)12-14-23)47-18-30(42)40-27(20-7-9-21(33)10-8-20)16-25(38-40)28-6-3-15-46-28/h2-15,27H,16-18H2,1H3,(H,35,43)/t27-/m1/s1. The summed E-state index contributed by atoms with van der Waals surface area (Å²) in [4.78, 5) is 38.4. The number of carbonyl (C=O) groups is 2. The van der Waals surface area contributed by atoms with E-state index in [-0.39, 0.29) is 46.7 Å². The van der Waals surface area contributed by atoms with E-state index in [2.05, 4.69) is 20.6 Å². The second kappa shape index (κ2) is 13.6. The quantitative estimate of drug-likeness (QED) is 0.106. The van der Waals surface area contributed by atoms with Crippen molar-refractivity contribution in [3.63, 3.8) is 0 Å². The van der Waals surface area contributed by atoms with Crippen LogP contribution in [0, 0.1) is 28.7 Å². The fourth-order valence-electron chi connectivity index (χ4n) is 5.15. The van der Waals surface area contributed by atoms with Gasteiger partial charge in [-0.1, -0.05) is 36.0 Å². The molecule has 0 fully saturated rings. The Morgan fingerprint density at radius 1 is 1.02 bits per heavy atom. The van der Waals surface area contributed by atoms with E-state index in [1.807, 2.05) is 17.5 Å². The minimum absolute atomic E-state index is 0.0858. The van der Waals surface area contributed by atoms with E-state index in [1.165, 1.54) is 77.9 Å². The largest absolute Gasteiger partial charge is 0.345 e. The Bertz CT molecular complexity index is 1980. The van der Waals surface area contributed by atoms with Crippen LogP contribution in [0.5, 0.6) is 0 Å². The molecule has 0 saturated heterocycles. The molecule has 1 aliphatic heterocycles. The van der Waals surface area contributed by atoms with Crippen molar-refractivity contribution in [2.45, 2.75) is 31.1 Å². The molecule has 2 amide bonds. The molecular weight excluding hydrogens is 649 g/mol. The van der Waals surface area contributed by atoms with Crippen molar-refractivity contribution in [1.82, 2.24) is 25.1 Å². The first-order valence-corrected chi connectivity index (χ1v) is 16.1. The summed E-state index contributed by atoms with van der Waals surface area (Å²) in [6.07, 6.45) is 0.461. The summed E-state index contributed by atoms with van der Waals surface area (Å²) in [6.45, 7) is 1.38. The molecule has 2 aromatic heterocycles. The molecule has 6 rings (SSSR count). The van der Waals surface area contributed by atoms with Gasteiger partial charge in [0.15, 0.2) is 11.0 Å². The highest BCUT2D eigenvalue weighted by atomic mass is 32.2. The predicted octanol–water partition coefficient (Wildman–Crippen LogP) is 6.22. The van der Waals surface area contributed by atoms with Gasteiger partial charge in [-0.15, -0.1) is 21.5 Å². The monoisotopic (exact) mass is 673 g/mol. The maximum atomic E-state index is 13.8. The van der Waals surface area contributed by atoms with Crippen LogP contribution >= 0.6 is 23.1 Å². The summed E-state index contributed by atoms with van der Waals surface area (Å²) in [5.41, 5.74) is 2.16. The molecule has 15 heteroatoms. The Morgan fingerprint density at radius 2 is 1.74 bits per heavy atom. The number of amides is 2. The lowest BCUT2D eigenvalue weighted by Crippen LogP contribution is -2.28. The Morgan fingerprint density at radius 3 is 2.43 bits per heavy atom. The third kappa shape index (κ3) is 6.80. The van der Waals surface area contributed by atoms with Gasteiger partial charge in [-0.2, -0.15) is 5.10 Å². The van der Waals surface area contributed by atoms with Crippen molar-refractivity contribution >= 4 is 46.3 Å². The highest BCUT2D eigenvalue weighted by Gasteiger charge is 2.34. The van der Waals surface area contributed by atoms with Crippen LogP contribution in [0.25, 0.3) is 5.69 Å². The van der Waals surface area contributed by atoms with Gasteiger partial charge in [0, 0.05) is 29.3 Å². The number of nitro groups is 1. The SMILES string of the molecule is Cc1c(C(=O)NCc2nnc(SCC(=O)N3N=C(c4cccs4)C[C@@H]3c3ccc(F)cc3)n2-c2ccc(F)cc2)cccc1[N+](=O)[O-]. The summed E-state index contributed by atoms with van der Waals surface area (Å²) in [6, 6.07) is 19.2. The van der Waals surface area contributed by atoms with Gasteiger partial charge in [-0.25, -0.2) is 13.8 Å². The number of halogens is 2. The molecular formula is C32H25F2N7O4S2. The fraction of sp³-hybridized carbons (Fsp3) is 0.156. The zero-order valence-electron chi connectivity index (χ0n) is 24.7. The number of hydrogen-bond donors (Lipinski definition) is 1. The van der Waals surface area contributed by atoms with Crippen LogP contribution in [0.3, 0.4) is 0 Å². The van der Waals surface area contributed by atoms with Gasteiger partial charge in [0.2, 0.25) is 0 Å². The summed E-state index contributed by atoms with van der Waals surface area (Å²) in [5, 5.41) is 30.9. The van der Waals surface area contributed by atoms with Crippen LogP contribution in [-0.4, -0.2) is 48.0 Å². The van der Waals surface area contributed by atoms with E-state index < -0.39 is 22.7 Å². The van der Waals surface area contributed by atoms with Crippen LogP contribution in [-0.2, 0) is 11.3 Å². The van der Waals surface area contributed by atoms with E-state index in [0.717, 1.165) is 27.9 Å². The van der Waals surface area contributed by atoms with Crippen molar-refractivity contribution in [2.24, 2.45) is 5.10 Å². The molecule has 1 atom stereocenters. The van der Waals surface area contributed by atoms with E-state index >= 15 is 0 Å². The number of thiophene rings is 1. The number of thioether (sulfide) groups is 1. The fourth-order valence-corrected chi connectivity index (χ4v) is 6.69. The zero-order valence-corrected chi connectivity index (χ0v) is 26.3. The molecule has 5 aromatic rings. The first-order valence-electron chi connectivity index (χ1n) is 14.2. The minimum Gasteiger partial charge on any atom is -0.345 e. The number of carbonyl (C=O) groups excluding carboxylic acids is 2. The molecule has 47 heavy (non-hydrogen) atoms. The van der Waals surface area contributed by atoms with Crippen LogP contribution in [0.4, 0.5) is 14.5 Å². The molecule has 0 unspecified atom stereocenters. The Kier molecular flexibility index (Phi) is 9.17. The highest BCUT2D eigenvalue weighted by molar-refractivity contribution is 7.99. The summed E-state index contributed by atoms with van der Waals surface area (Å²) in [7, 11) is 0. The van der Waals surface area contributed by atoms with Crippen molar-refractivity contribution in [2.75, 3.05) is 5.75 Å². The molecule has 3 aromatic carbocycles. The summed E-state index contributed by atoms with van der Waals surface area (Å²) >= 11 is 2.60. The lowest BCUT2D eigenvalue weighted by molar-refractivity contribution is -0.385. The molecule has 0 spiro atoms. The normalized spacial score (nSPS) is 14.2. The third-order valence-electron chi connectivity index (χ3n) is 7.49. The van der Waals surface area contributed by atoms with Gasteiger partial charge in [0.1, 0.15) is 11.6 Å². The Labute approximate surface area is 275 Å². The summed E-state index contributed by atoms with van der Waals surface area (Å²) < 4.78 is 29.1. The topological polar surface area (TPSA) is 136 Å². The van der Waals surface area contributed by atoms with Gasteiger partial charge in [0.05, 0.1) is 33.9 Å². The number of aromatic nitrogens is 3.